The molecule has 0 bridgehead atoms. The summed E-state index contributed by atoms with van der Waals surface area (Å²) in [5.74, 6) is 0.888. The zero-order valence-corrected chi connectivity index (χ0v) is 28.0. The lowest BCUT2D eigenvalue weighted by atomic mass is 9.82. The highest BCUT2D eigenvalue weighted by Gasteiger charge is 2.40. The molecule has 1 aliphatic carbocycles. The van der Waals surface area contributed by atoms with Gasteiger partial charge in [-0.3, -0.25) is 0 Å². The van der Waals surface area contributed by atoms with Gasteiger partial charge in [-0.25, -0.2) is 0 Å². The lowest BCUT2D eigenvalue weighted by molar-refractivity contribution is 0.278. The van der Waals surface area contributed by atoms with Crippen molar-refractivity contribution in [3.8, 4) is 11.4 Å². The summed E-state index contributed by atoms with van der Waals surface area (Å²) in [6.45, 7) is 0. The Bertz CT molecular complexity index is 3080. The fourth-order valence-electron chi connectivity index (χ4n) is 9.07. The molecule has 0 radical (unpaired) electrons. The topological polar surface area (TPSA) is 32.2 Å². The molecular weight excluding hydrogens is 637 g/mol. The van der Waals surface area contributed by atoms with Crippen molar-refractivity contribution in [1.29, 1.82) is 0 Å². The maximum absolute atomic E-state index is 7.02. The fourth-order valence-corrected chi connectivity index (χ4v) is 9.07. The second kappa shape index (κ2) is 10.4. The van der Waals surface area contributed by atoms with E-state index in [-0.39, 0.29) is 12.0 Å². The van der Waals surface area contributed by atoms with Crippen LogP contribution in [0.15, 0.2) is 174 Å². The smallest absolute Gasteiger partial charge is 0.143 e. The number of ether oxygens (including phenoxy) is 1. The Hall–Kier alpha value is -6.78. The first kappa shape index (κ1) is 28.0. The number of fused-ring (bicyclic) bond motifs is 12. The average molecular weight is 667 g/mol. The molecule has 4 nitrogen and oxygen atoms in total. The van der Waals surface area contributed by atoms with Crippen LogP contribution in [0.25, 0.3) is 82.5 Å². The molecule has 4 heterocycles. The molecule has 12 rings (SSSR count). The summed E-state index contributed by atoms with van der Waals surface area (Å²) in [6.07, 6.45) is 4.54. The first-order chi connectivity index (χ1) is 25.8. The van der Waals surface area contributed by atoms with E-state index >= 15 is 0 Å². The monoisotopic (exact) mass is 666 g/mol. The zero-order chi connectivity index (χ0) is 33.9. The number of furan rings is 1. The number of allylic oxidation sites excluding steroid dienone is 2. The summed E-state index contributed by atoms with van der Waals surface area (Å²) in [5.41, 5.74) is 12.2. The van der Waals surface area contributed by atoms with Gasteiger partial charge in [0.25, 0.3) is 0 Å². The van der Waals surface area contributed by atoms with E-state index in [2.05, 4.69) is 173 Å². The van der Waals surface area contributed by atoms with Gasteiger partial charge in [0.05, 0.1) is 22.1 Å². The first-order valence-corrected chi connectivity index (χ1v) is 17.9. The Morgan fingerprint density at radius 3 is 1.69 bits per heavy atom. The summed E-state index contributed by atoms with van der Waals surface area (Å²) in [5, 5.41) is 7.23. The van der Waals surface area contributed by atoms with Crippen molar-refractivity contribution in [2.24, 2.45) is 0 Å². The molecule has 2 unspecified atom stereocenters. The third kappa shape index (κ3) is 3.76. The number of hydrogen-bond donors (Lipinski definition) is 0. The van der Waals surface area contributed by atoms with Crippen LogP contribution in [0.3, 0.4) is 0 Å². The summed E-state index contributed by atoms with van der Waals surface area (Å²) in [6, 6.07) is 56.4. The van der Waals surface area contributed by atoms with E-state index in [9.17, 15) is 0 Å². The van der Waals surface area contributed by atoms with Crippen LogP contribution < -0.4 is 4.74 Å². The third-order valence-corrected chi connectivity index (χ3v) is 11.3. The number of aromatic nitrogens is 2. The average Bonchev–Trinajstić information content (AvgIpc) is 3.95. The van der Waals surface area contributed by atoms with Crippen LogP contribution in [0, 0.1) is 0 Å². The Labute approximate surface area is 298 Å². The Kier molecular flexibility index (Phi) is 5.58. The number of para-hydroxylation sites is 6. The largest absolute Gasteiger partial charge is 0.484 e. The van der Waals surface area contributed by atoms with Crippen LogP contribution in [0.1, 0.15) is 17.0 Å². The molecular formula is C48H30N2O2. The van der Waals surface area contributed by atoms with Crippen molar-refractivity contribution in [1.82, 2.24) is 9.13 Å². The van der Waals surface area contributed by atoms with Crippen LogP contribution in [0.4, 0.5) is 0 Å². The predicted molar refractivity (Wildman–Crippen MR) is 213 cm³/mol. The van der Waals surface area contributed by atoms with Crippen LogP contribution in [0.2, 0.25) is 0 Å². The summed E-state index contributed by atoms with van der Waals surface area (Å²) >= 11 is 0. The Balaban J connectivity index is 1.12. The van der Waals surface area contributed by atoms with E-state index in [0.717, 1.165) is 50.2 Å². The molecule has 0 saturated carbocycles. The number of benzene rings is 7. The normalized spacial score (nSPS) is 16.8. The van der Waals surface area contributed by atoms with E-state index in [4.69, 9.17) is 9.15 Å². The summed E-state index contributed by atoms with van der Waals surface area (Å²) in [7, 11) is 0. The molecule has 7 aromatic carbocycles. The highest BCUT2D eigenvalue weighted by Crippen LogP contribution is 2.51. The molecule has 4 heteroatoms. The van der Waals surface area contributed by atoms with Gasteiger partial charge in [0.15, 0.2) is 0 Å². The molecule has 244 valence electrons. The van der Waals surface area contributed by atoms with Gasteiger partial charge < -0.3 is 18.3 Å². The SMILES string of the molecule is C1=C(c2cccc3c2oc2ccccc23)C2Oc3ccc(-n4c5ccccc5c5ccccc54)cc3C2C=C1n1c2ccccc2c2ccccc21. The molecule has 1 aliphatic heterocycles. The van der Waals surface area contributed by atoms with Gasteiger partial charge in [0.2, 0.25) is 0 Å². The highest BCUT2D eigenvalue weighted by molar-refractivity contribution is 6.13. The lowest BCUT2D eigenvalue weighted by Gasteiger charge is -2.27. The maximum Gasteiger partial charge on any atom is 0.143 e. The van der Waals surface area contributed by atoms with Crippen molar-refractivity contribution >= 4 is 76.8 Å². The highest BCUT2D eigenvalue weighted by atomic mass is 16.5. The van der Waals surface area contributed by atoms with Gasteiger partial charge in [-0.2, -0.15) is 0 Å². The lowest BCUT2D eigenvalue weighted by Crippen LogP contribution is -2.23. The van der Waals surface area contributed by atoms with Gasteiger partial charge in [-0.05, 0) is 60.7 Å². The molecule has 0 spiro atoms. The molecule has 0 N–H and O–H groups in total. The van der Waals surface area contributed by atoms with E-state index in [1.807, 2.05) is 6.07 Å². The minimum atomic E-state index is -0.223. The molecule has 3 aromatic heterocycles. The molecule has 2 aliphatic rings. The predicted octanol–water partition coefficient (Wildman–Crippen LogP) is 12.3. The third-order valence-electron chi connectivity index (χ3n) is 11.3. The van der Waals surface area contributed by atoms with Crippen molar-refractivity contribution in [2.75, 3.05) is 0 Å². The minimum absolute atomic E-state index is 0.0300. The van der Waals surface area contributed by atoms with Crippen LogP contribution in [-0.4, -0.2) is 15.2 Å². The van der Waals surface area contributed by atoms with Gasteiger partial charge >= 0.3 is 0 Å². The van der Waals surface area contributed by atoms with Crippen molar-refractivity contribution in [2.45, 2.75) is 12.0 Å². The summed E-state index contributed by atoms with van der Waals surface area (Å²) in [4.78, 5) is 0. The zero-order valence-electron chi connectivity index (χ0n) is 28.0. The van der Waals surface area contributed by atoms with Crippen molar-refractivity contribution < 1.29 is 9.15 Å². The number of hydrogen-bond acceptors (Lipinski definition) is 2. The Morgan fingerprint density at radius 2 is 1.04 bits per heavy atom. The quantitative estimate of drug-likeness (QED) is 0.188. The minimum Gasteiger partial charge on any atom is -0.484 e. The van der Waals surface area contributed by atoms with Gasteiger partial charge in [0, 0.05) is 66.3 Å². The molecule has 0 fully saturated rings. The van der Waals surface area contributed by atoms with Gasteiger partial charge in [-0.1, -0.05) is 109 Å². The van der Waals surface area contributed by atoms with Crippen LogP contribution in [0.5, 0.6) is 5.75 Å². The van der Waals surface area contributed by atoms with E-state index < -0.39 is 0 Å². The standard InChI is InChI=1S/C48H30N2O2/c1-6-19-41-31(12-1)32-13-2-7-20-42(32)49(41)29-24-25-46-38(26-29)40-28-30(50-43-21-8-3-14-33(43)34-15-4-9-22-44(34)50)27-39(48(40)52-46)37-18-11-17-36-35-16-5-10-23-45(35)51-47(36)37/h1-28,40,48H. The molecule has 0 saturated heterocycles. The van der Waals surface area contributed by atoms with Gasteiger partial charge in [-0.15, -0.1) is 0 Å². The van der Waals surface area contributed by atoms with E-state index in [0.29, 0.717) is 0 Å². The number of rotatable bonds is 3. The van der Waals surface area contributed by atoms with E-state index in [1.54, 1.807) is 0 Å². The van der Waals surface area contributed by atoms with Crippen molar-refractivity contribution in [3.05, 3.63) is 181 Å². The second-order valence-corrected chi connectivity index (χ2v) is 14.0. The first-order valence-electron chi connectivity index (χ1n) is 17.9. The van der Waals surface area contributed by atoms with Crippen molar-refractivity contribution in [3.63, 3.8) is 0 Å². The fraction of sp³-hybridized carbons (Fsp3) is 0.0417. The number of nitrogens with zero attached hydrogens (tertiary/aromatic N) is 2. The van der Waals surface area contributed by atoms with Crippen LogP contribution in [-0.2, 0) is 0 Å². The van der Waals surface area contributed by atoms with Crippen LogP contribution >= 0.6 is 0 Å². The maximum atomic E-state index is 7.02. The van der Waals surface area contributed by atoms with E-state index in [1.165, 1.54) is 49.2 Å². The Morgan fingerprint density at radius 1 is 0.481 bits per heavy atom. The summed E-state index contributed by atoms with van der Waals surface area (Å²) < 4.78 is 18.5. The molecule has 10 aromatic rings. The molecule has 0 amide bonds. The molecule has 52 heavy (non-hydrogen) atoms. The second-order valence-electron chi connectivity index (χ2n) is 14.0. The molecule has 2 atom stereocenters. The van der Waals surface area contributed by atoms with Gasteiger partial charge in [0.1, 0.15) is 23.0 Å².